The van der Waals surface area contributed by atoms with Gasteiger partial charge in [0.2, 0.25) is 0 Å². The van der Waals surface area contributed by atoms with E-state index >= 15 is 0 Å². The second kappa shape index (κ2) is 7.02. The van der Waals surface area contributed by atoms with Gasteiger partial charge >= 0.3 is 0 Å². The average Bonchev–Trinajstić information content (AvgIpc) is 3.01. The molecule has 0 aliphatic heterocycles. The fraction of sp³-hybridized carbons (Fsp3) is 0.533. The lowest BCUT2D eigenvalue weighted by Crippen LogP contribution is -2.36. The van der Waals surface area contributed by atoms with Gasteiger partial charge in [-0.05, 0) is 30.9 Å². The fourth-order valence-corrected chi connectivity index (χ4v) is 3.17. The monoisotopic (exact) mass is 293 g/mol. The Kier molecular flexibility index (Phi) is 5.34. The normalized spacial score (nSPS) is 13.1. The Hall–Kier alpha value is -1.17. The number of aliphatic hydroxyl groups is 1. The van der Waals surface area contributed by atoms with Crippen molar-refractivity contribution in [3.63, 3.8) is 0 Å². The molecule has 0 aliphatic rings. The van der Waals surface area contributed by atoms with Crippen LogP contribution in [0.15, 0.2) is 23.6 Å². The molecule has 0 saturated carbocycles. The summed E-state index contributed by atoms with van der Waals surface area (Å²) in [5, 5.41) is 16.1. The summed E-state index contributed by atoms with van der Waals surface area (Å²) < 4.78 is 1.93. The third-order valence-corrected chi connectivity index (χ3v) is 4.46. The number of thiophene rings is 1. The second-order valence-corrected chi connectivity index (χ2v) is 6.16. The van der Waals surface area contributed by atoms with E-state index in [0.717, 1.165) is 25.2 Å². The molecule has 2 aromatic heterocycles. The zero-order chi connectivity index (χ0) is 14.5. The third-order valence-electron chi connectivity index (χ3n) is 3.60. The molecule has 0 aromatic carbocycles. The van der Waals surface area contributed by atoms with Crippen LogP contribution in [-0.2, 0) is 20.1 Å². The highest BCUT2D eigenvalue weighted by atomic mass is 32.1. The van der Waals surface area contributed by atoms with Gasteiger partial charge in [-0.15, -0.1) is 11.3 Å². The van der Waals surface area contributed by atoms with Crippen LogP contribution >= 0.6 is 11.3 Å². The SMILES string of the molecule is CC[C@H](CO)N(Cc1cccs1)Cc1cc(C)nn1C. The molecule has 1 atom stereocenters. The van der Waals surface area contributed by atoms with Crippen LogP contribution in [0.25, 0.3) is 0 Å². The number of aliphatic hydroxyl groups excluding tert-OH is 1. The zero-order valence-corrected chi connectivity index (χ0v) is 13.2. The maximum absolute atomic E-state index is 9.62. The predicted octanol–water partition coefficient (Wildman–Crippen LogP) is 2.56. The zero-order valence-electron chi connectivity index (χ0n) is 12.4. The van der Waals surface area contributed by atoms with E-state index in [1.165, 1.54) is 10.6 Å². The molecule has 4 nitrogen and oxygen atoms in total. The summed E-state index contributed by atoms with van der Waals surface area (Å²) in [6.45, 7) is 6.02. The highest BCUT2D eigenvalue weighted by Crippen LogP contribution is 2.18. The van der Waals surface area contributed by atoms with Crippen molar-refractivity contribution in [3.05, 3.63) is 39.8 Å². The minimum atomic E-state index is 0.187. The number of hydrogen-bond donors (Lipinski definition) is 1. The predicted molar refractivity (Wildman–Crippen MR) is 82.7 cm³/mol. The molecule has 20 heavy (non-hydrogen) atoms. The molecule has 0 unspecified atom stereocenters. The largest absolute Gasteiger partial charge is 0.395 e. The van der Waals surface area contributed by atoms with Gasteiger partial charge in [-0.1, -0.05) is 13.0 Å². The summed E-state index contributed by atoms with van der Waals surface area (Å²) in [5.41, 5.74) is 2.22. The van der Waals surface area contributed by atoms with E-state index in [1.807, 2.05) is 18.7 Å². The van der Waals surface area contributed by atoms with Gasteiger partial charge in [0, 0.05) is 31.1 Å². The van der Waals surface area contributed by atoms with Gasteiger partial charge in [0.1, 0.15) is 0 Å². The van der Waals surface area contributed by atoms with E-state index in [4.69, 9.17) is 0 Å². The summed E-state index contributed by atoms with van der Waals surface area (Å²) in [6, 6.07) is 6.53. The first-order valence-corrected chi connectivity index (χ1v) is 7.88. The molecule has 0 spiro atoms. The minimum absolute atomic E-state index is 0.187. The van der Waals surface area contributed by atoms with E-state index in [-0.39, 0.29) is 12.6 Å². The minimum Gasteiger partial charge on any atom is -0.395 e. The van der Waals surface area contributed by atoms with Crippen molar-refractivity contribution in [1.82, 2.24) is 14.7 Å². The van der Waals surface area contributed by atoms with Crippen LogP contribution in [-0.4, -0.2) is 32.4 Å². The molecule has 1 N–H and O–H groups in total. The molecular formula is C15H23N3OS. The van der Waals surface area contributed by atoms with Gasteiger partial charge in [-0.25, -0.2) is 0 Å². The van der Waals surface area contributed by atoms with Gasteiger partial charge < -0.3 is 5.11 Å². The summed E-state index contributed by atoms with van der Waals surface area (Å²) in [6.07, 6.45) is 0.943. The maximum Gasteiger partial charge on any atom is 0.0597 e. The van der Waals surface area contributed by atoms with Gasteiger partial charge in [0.05, 0.1) is 18.0 Å². The van der Waals surface area contributed by atoms with E-state index in [9.17, 15) is 5.11 Å². The van der Waals surface area contributed by atoms with Crippen LogP contribution in [0.2, 0.25) is 0 Å². The summed E-state index contributed by atoms with van der Waals surface area (Å²) in [5.74, 6) is 0. The van der Waals surface area contributed by atoms with Crippen molar-refractivity contribution in [1.29, 1.82) is 0 Å². The van der Waals surface area contributed by atoms with Crippen molar-refractivity contribution in [2.45, 2.75) is 39.4 Å². The smallest absolute Gasteiger partial charge is 0.0597 e. The van der Waals surface area contributed by atoms with Gasteiger partial charge in [0.15, 0.2) is 0 Å². The van der Waals surface area contributed by atoms with Crippen molar-refractivity contribution < 1.29 is 5.11 Å². The summed E-state index contributed by atoms with van der Waals surface area (Å²) >= 11 is 1.76. The third kappa shape index (κ3) is 3.69. The lowest BCUT2D eigenvalue weighted by molar-refractivity contribution is 0.105. The summed E-state index contributed by atoms with van der Waals surface area (Å²) in [7, 11) is 1.98. The van der Waals surface area contributed by atoms with Crippen molar-refractivity contribution >= 4 is 11.3 Å². The van der Waals surface area contributed by atoms with Crippen LogP contribution in [0.5, 0.6) is 0 Å². The Labute approximate surface area is 124 Å². The Balaban J connectivity index is 2.15. The molecule has 2 aromatic rings. The Morgan fingerprint density at radius 1 is 1.45 bits per heavy atom. The van der Waals surface area contributed by atoms with Crippen molar-refractivity contribution in [2.24, 2.45) is 7.05 Å². The second-order valence-electron chi connectivity index (χ2n) is 5.13. The van der Waals surface area contributed by atoms with Gasteiger partial charge in [-0.2, -0.15) is 5.10 Å². The van der Waals surface area contributed by atoms with E-state index in [0.29, 0.717) is 0 Å². The molecule has 0 amide bonds. The molecule has 0 saturated heterocycles. The van der Waals surface area contributed by atoms with Crippen LogP contribution in [0, 0.1) is 6.92 Å². The molecule has 2 heterocycles. The molecule has 2 rings (SSSR count). The lowest BCUT2D eigenvalue weighted by Gasteiger charge is -2.29. The average molecular weight is 293 g/mol. The molecular weight excluding hydrogens is 270 g/mol. The highest BCUT2D eigenvalue weighted by Gasteiger charge is 2.18. The van der Waals surface area contributed by atoms with Crippen molar-refractivity contribution in [3.8, 4) is 0 Å². The summed E-state index contributed by atoms with van der Waals surface area (Å²) in [4.78, 5) is 3.67. The Morgan fingerprint density at radius 3 is 2.75 bits per heavy atom. The molecule has 110 valence electrons. The quantitative estimate of drug-likeness (QED) is 0.853. The maximum atomic E-state index is 9.62. The van der Waals surface area contributed by atoms with Crippen LogP contribution in [0.1, 0.15) is 29.6 Å². The van der Waals surface area contributed by atoms with E-state index < -0.39 is 0 Å². The number of aryl methyl sites for hydroxylation is 2. The van der Waals surface area contributed by atoms with Gasteiger partial charge in [0.25, 0.3) is 0 Å². The Morgan fingerprint density at radius 2 is 2.25 bits per heavy atom. The first-order valence-electron chi connectivity index (χ1n) is 7.00. The van der Waals surface area contributed by atoms with E-state index in [1.54, 1.807) is 11.3 Å². The number of aromatic nitrogens is 2. The van der Waals surface area contributed by atoms with Gasteiger partial charge in [-0.3, -0.25) is 9.58 Å². The van der Waals surface area contributed by atoms with Crippen molar-refractivity contribution in [2.75, 3.05) is 6.61 Å². The number of hydrogen-bond acceptors (Lipinski definition) is 4. The number of nitrogens with zero attached hydrogens (tertiary/aromatic N) is 3. The fourth-order valence-electron chi connectivity index (χ4n) is 2.44. The molecule has 0 bridgehead atoms. The van der Waals surface area contributed by atoms with E-state index in [2.05, 4.69) is 40.5 Å². The Bertz CT molecular complexity index is 517. The lowest BCUT2D eigenvalue weighted by atomic mass is 10.2. The molecule has 0 radical (unpaired) electrons. The standard InChI is InChI=1S/C15H23N3OS/c1-4-13(11-19)18(10-15-6-5-7-20-15)9-14-8-12(2)16-17(14)3/h5-8,13,19H,4,9-11H2,1-3H3/t13-/m1/s1. The number of rotatable bonds is 7. The highest BCUT2D eigenvalue weighted by molar-refractivity contribution is 7.09. The molecule has 0 aliphatic carbocycles. The molecule has 0 fully saturated rings. The van der Waals surface area contributed by atoms with Crippen LogP contribution in [0.4, 0.5) is 0 Å². The molecule has 5 heteroatoms. The van der Waals surface area contributed by atoms with Crippen LogP contribution < -0.4 is 0 Å². The first-order chi connectivity index (χ1) is 9.63. The van der Waals surface area contributed by atoms with Crippen LogP contribution in [0.3, 0.4) is 0 Å². The topological polar surface area (TPSA) is 41.3 Å². The first kappa shape index (κ1) is 15.2.